The van der Waals surface area contributed by atoms with E-state index in [0.29, 0.717) is 39.3 Å². The summed E-state index contributed by atoms with van der Waals surface area (Å²) in [5, 5.41) is 16.7. The van der Waals surface area contributed by atoms with E-state index in [1.807, 2.05) is 0 Å². The van der Waals surface area contributed by atoms with Crippen LogP contribution in [0.1, 0.15) is 39.2 Å². The highest BCUT2D eigenvalue weighted by Gasteiger charge is 2.28. The van der Waals surface area contributed by atoms with Crippen molar-refractivity contribution in [1.82, 2.24) is 25.1 Å². The second-order valence-corrected chi connectivity index (χ2v) is 10.8. The van der Waals surface area contributed by atoms with Crippen molar-refractivity contribution in [3.8, 4) is 17.1 Å². The highest BCUT2D eigenvalue weighted by Crippen LogP contribution is 2.33. The molecular weight excluding hydrogens is 528 g/mol. The van der Waals surface area contributed by atoms with Crippen LogP contribution in [0.5, 0.6) is 5.75 Å². The topological polar surface area (TPSA) is 149 Å². The summed E-state index contributed by atoms with van der Waals surface area (Å²) in [5.41, 5.74) is 1.20. The fraction of sp³-hybridized carbons (Fsp3) is 0.310. The van der Waals surface area contributed by atoms with Crippen molar-refractivity contribution in [2.45, 2.75) is 52.2 Å². The van der Waals surface area contributed by atoms with E-state index in [4.69, 9.17) is 14.5 Å². The lowest BCUT2D eigenvalue weighted by Crippen LogP contribution is -2.34. The minimum atomic E-state index is -1.22. The Hall–Kier alpha value is -5.00. The largest absolute Gasteiger partial charge is 0.484 e. The summed E-state index contributed by atoms with van der Waals surface area (Å²) < 4.78 is 12.3. The van der Waals surface area contributed by atoms with Crippen LogP contribution in [-0.4, -0.2) is 61.2 Å². The quantitative estimate of drug-likeness (QED) is 0.317. The summed E-state index contributed by atoms with van der Waals surface area (Å²) in [4.78, 5) is 47.7. The Morgan fingerprint density at radius 2 is 1.90 bits per heavy atom. The third-order valence-corrected chi connectivity index (χ3v) is 6.13. The first kappa shape index (κ1) is 27.6. The van der Waals surface area contributed by atoms with Crippen molar-refractivity contribution >= 4 is 40.5 Å². The van der Waals surface area contributed by atoms with Gasteiger partial charge in [-0.15, -0.1) is 0 Å². The zero-order valence-electron chi connectivity index (χ0n) is 23.1. The van der Waals surface area contributed by atoms with Crippen LogP contribution in [0.25, 0.3) is 22.3 Å². The van der Waals surface area contributed by atoms with Crippen molar-refractivity contribution in [3.05, 3.63) is 60.4 Å². The monoisotopic (exact) mass is 558 g/mol. The highest BCUT2D eigenvalue weighted by atomic mass is 16.6. The molecule has 2 N–H and O–H groups in total. The Morgan fingerprint density at radius 3 is 2.61 bits per heavy atom. The van der Waals surface area contributed by atoms with Crippen LogP contribution in [0.2, 0.25) is 0 Å². The molecule has 41 heavy (non-hydrogen) atoms. The van der Waals surface area contributed by atoms with E-state index in [2.05, 4.69) is 15.4 Å². The van der Waals surface area contributed by atoms with Crippen LogP contribution in [0.15, 0.2) is 54.9 Å². The van der Waals surface area contributed by atoms with Crippen LogP contribution in [0.4, 0.5) is 21.1 Å². The smallest absolute Gasteiger partial charge is 0.432 e. The Balaban J connectivity index is 1.50. The van der Waals surface area contributed by atoms with Gasteiger partial charge < -0.3 is 19.9 Å². The number of hydrogen-bond acceptors (Lipinski definition) is 8. The summed E-state index contributed by atoms with van der Waals surface area (Å²) in [6, 6.07) is 12.1. The molecule has 2 aromatic carbocycles. The highest BCUT2D eigenvalue weighted by molar-refractivity contribution is 5.99. The predicted molar refractivity (Wildman–Crippen MR) is 150 cm³/mol. The average molecular weight is 559 g/mol. The Bertz CT molecular complexity index is 1640. The number of carbonyl (C=O) groups is 3. The molecule has 12 nitrogen and oxygen atoms in total. The molecule has 5 rings (SSSR count). The molecule has 12 heteroatoms. The van der Waals surface area contributed by atoms with Crippen LogP contribution < -0.4 is 15.0 Å². The fourth-order valence-electron chi connectivity index (χ4n) is 4.10. The van der Waals surface area contributed by atoms with Gasteiger partial charge in [-0.2, -0.15) is 9.78 Å². The van der Waals surface area contributed by atoms with Gasteiger partial charge in [0.05, 0.1) is 17.4 Å². The molecule has 2 heterocycles. The second-order valence-electron chi connectivity index (χ2n) is 10.8. The molecule has 0 aliphatic heterocycles. The van der Waals surface area contributed by atoms with E-state index < -0.39 is 17.8 Å². The number of anilines is 2. The molecule has 4 aromatic rings. The molecule has 2 amide bonds. The van der Waals surface area contributed by atoms with E-state index in [9.17, 15) is 19.5 Å². The Kier molecular flexibility index (Phi) is 7.31. The van der Waals surface area contributed by atoms with Crippen molar-refractivity contribution in [2.75, 3.05) is 11.5 Å². The molecule has 0 saturated heterocycles. The fourth-order valence-corrected chi connectivity index (χ4v) is 4.10. The van der Waals surface area contributed by atoms with E-state index in [0.717, 1.165) is 17.5 Å². The number of nitrogens with one attached hydrogen (secondary N) is 1. The first-order valence-electron chi connectivity index (χ1n) is 13.1. The van der Waals surface area contributed by atoms with Crippen molar-refractivity contribution in [3.63, 3.8) is 0 Å². The molecule has 1 aliphatic rings. The lowest BCUT2D eigenvalue weighted by atomic mass is 10.1. The number of nitrogens with zero attached hydrogens (tertiary/aromatic N) is 5. The Morgan fingerprint density at radius 1 is 1.12 bits per heavy atom. The van der Waals surface area contributed by atoms with Gasteiger partial charge in [0.15, 0.2) is 12.4 Å². The molecule has 1 saturated carbocycles. The van der Waals surface area contributed by atoms with Gasteiger partial charge in [0, 0.05) is 28.8 Å². The first-order chi connectivity index (χ1) is 19.5. The lowest BCUT2D eigenvalue weighted by Gasteiger charge is -2.28. The Labute approximate surface area is 235 Å². The summed E-state index contributed by atoms with van der Waals surface area (Å²) >= 11 is 0. The van der Waals surface area contributed by atoms with E-state index in [-0.39, 0.29) is 24.4 Å². The van der Waals surface area contributed by atoms with Crippen LogP contribution in [0, 0.1) is 6.92 Å². The van der Waals surface area contributed by atoms with E-state index in [1.165, 1.54) is 11.1 Å². The summed E-state index contributed by atoms with van der Waals surface area (Å²) in [5.74, 6) is 0.908. The lowest BCUT2D eigenvalue weighted by molar-refractivity contribution is -0.123. The van der Waals surface area contributed by atoms with Gasteiger partial charge >= 0.3 is 12.2 Å². The number of rotatable bonds is 7. The molecule has 0 radical (unpaired) electrons. The molecular formula is C29H30N6O6. The van der Waals surface area contributed by atoms with Gasteiger partial charge in [-0.05, 0) is 70.9 Å². The van der Waals surface area contributed by atoms with Gasteiger partial charge in [0.2, 0.25) is 0 Å². The zero-order chi connectivity index (χ0) is 29.3. The predicted octanol–water partition coefficient (Wildman–Crippen LogP) is 5.06. The number of fused-ring (bicyclic) bond motifs is 1. The van der Waals surface area contributed by atoms with Gasteiger partial charge in [-0.3, -0.25) is 4.79 Å². The normalized spacial score (nSPS) is 13.1. The van der Waals surface area contributed by atoms with Crippen molar-refractivity contribution in [2.24, 2.45) is 0 Å². The molecule has 212 valence electrons. The van der Waals surface area contributed by atoms with Gasteiger partial charge in [0.1, 0.15) is 17.2 Å². The molecule has 1 aliphatic carbocycles. The summed E-state index contributed by atoms with van der Waals surface area (Å²) in [7, 11) is 0. The maximum absolute atomic E-state index is 13.6. The van der Waals surface area contributed by atoms with Gasteiger partial charge in [-0.25, -0.2) is 24.5 Å². The number of carboxylic acid groups (broad SMARTS) is 1. The number of aromatic nitrogens is 4. The van der Waals surface area contributed by atoms with Gasteiger partial charge in [0.25, 0.3) is 5.91 Å². The minimum Gasteiger partial charge on any atom is -0.484 e. The van der Waals surface area contributed by atoms with Crippen LogP contribution >= 0.6 is 0 Å². The maximum Gasteiger partial charge on any atom is 0.432 e. The zero-order valence-corrected chi connectivity index (χ0v) is 23.1. The molecule has 0 unspecified atom stereocenters. The van der Waals surface area contributed by atoms with Crippen LogP contribution in [0.3, 0.4) is 0 Å². The number of ether oxygens (including phenoxy) is 2. The molecule has 0 atom stereocenters. The standard InChI is InChI=1S/C29H30N6O6/c1-17-14-30-25(18-6-5-7-22(13-18)40-16-24(36)32-20-8-9-20)33-26(17)34(28(39)41-29(2,3)4)21-10-11-23-19(12-21)15-31-35(23)27(37)38/h5-7,10-15,20H,8-9,16H2,1-4H3,(H,32,36)(H,37,38). The number of aryl methyl sites for hydroxylation is 1. The SMILES string of the molecule is Cc1cnc(-c2cccc(OCC(=O)NC3CC3)c2)nc1N(C(=O)OC(C)(C)C)c1ccc2c(cnn2C(=O)O)c1. The number of amides is 2. The molecule has 0 spiro atoms. The minimum absolute atomic E-state index is 0.104. The number of carbonyl (C=O) groups excluding carboxylic acids is 2. The number of benzene rings is 2. The summed E-state index contributed by atoms with van der Waals surface area (Å²) in [6.45, 7) is 6.95. The van der Waals surface area contributed by atoms with Crippen molar-refractivity contribution < 1.29 is 29.0 Å². The summed E-state index contributed by atoms with van der Waals surface area (Å²) in [6.07, 6.45) is 3.11. The third kappa shape index (κ3) is 6.43. The van der Waals surface area contributed by atoms with E-state index >= 15 is 0 Å². The molecule has 2 aromatic heterocycles. The van der Waals surface area contributed by atoms with E-state index in [1.54, 1.807) is 76.4 Å². The number of hydrogen-bond donors (Lipinski definition) is 2. The van der Waals surface area contributed by atoms with Crippen LogP contribution in [-0.2, 0) is 9.53 Å². The van der Waals surface area contributed by atoms with Gasteiger partial charge in [-0.1, -0.05) is 12.1 Å². The average Bonchev–Trinajstić information content (AvgIpc) is 3.62. The third-order valence-electron chi connectivity index (χ3n) is 6.13. The molecule has 1 fully saturated rings. The second kappa shape index (κ2) is 10.9. The first-order valence-corrected chi connectivity index (χ1v) is 13.1. The van der Waals surface area contributed by atoms with Crippen molar-refractivity contribution in [1.29, 1.82) is 0 Å². The maximum atomic E-state index is 13.6. The molecule has 0 bridgehead atoms.